The van der Waals surface area contributed by atoms with E-state index in [9.17, 15) is 0 Å². The Bertz CT molecular complexity index is 547. The number of aromatic amines is 1. The molecule has 1 aliphatic carbocycles. The van der Waals surface area contributed by atoms with Crippen molar-refractivity contribution in [2.75, 3.05) is 7.11 Å². The average molecular weight is 229 g/mol. The first-order chi connectivity index (χ1) is 8.31. The van der Waals surface area contributed by atoms with E-state index in [0.717, 1.165) is 35.4 Å². The second-order valence-corrected chi connectivity index (χ2v) is 4.31. The van der Waals surface area contributed by atoms with Gasteiger partial charge in [-0.2, -0.15) is 5.10 Å². The number of fused-ring (bicyclic) bond motifs is 1. The largest absolute Gasteiger partial charge is 0.496 e. The zero-order valence-corrected chi connectivity index (χ0v) is 9.73. The second kappa shape index (κ2) is 3.89. The summed E-state index contributed by atoms with van der Waals surface area (Å²) in [7, 11) is 1.67. The smallest absolute Gasteiger partial charge is 0.128 e. The lowest BCUT2D eigenvalue weighted by molar-refractivity contribution is 0.416. The van der Waals surface area contributed by atoms with Crippen LogP contribution in [0.15, 0.2) is 24.3 Å². The molecule has 1 aromatic carbocycles. The zero-order valence-electron chi connectivity index (χ0n) is 9.73. The number of para-hydroxylation sites is 1. The fraction of sp³-hybridized carbons (Fsp3) is 0.308. The highest BCUT2D eigenvalue weighted by Crippen LogP contribution is 2.38. The lowest BCUT2D eigenvalue weighted by Gasteiger charge is -2.09. The molecule has 88 valence electrons. The third kappa shape index (κ3) is 1.52. The van der Waals surface area contributed by atoms with E-state index in [1.165, 1.54) is 5.69 Å². The third-order valence-corrected chi connectivity index (χ3v) is 3.32. The first-order valence-electron chi connectivity index (χ1n) is 5.77. The Hall–Kier alpha value is -1.81. The van der Waals surface area contributed by atoms with Crippen molar-refractivity contribution in [2.45, 2.75) is 18.9 Å². The minimum Gasteiger partial charge on any atom is -0.496 e. The molecular formula is C13H15N3O. The van der Waals surface area contributed by atoms with Crippen LogP contribution in [-0.2, 0) is 6.42 Å². The van der Waals surface area contributed by atoms with E-state index in [1.807, 2.05) is 24.3 Å². The molecule has 0 saturated carbocycles. The fourth-order valence-electron chi connectivity index (χ4n) is 2.47. The van der Waals surface area contributed by atoms with Crippen molar-refractivity contribution in [2.24, 2.45) is 5.73 Å². The molecular weight excluding hydrogens is 214 g/mol. The van der Waals surface area contributed by atoms with E-state index in [0.29, 0.717) is 0 Å². The molecule has 1 aromatic heterocycles. The van der Waals surface area contributed by atoms with Crippen LogP contribution in [0.25, 0.3) is 11.3 Å². The highest BCUT2D eigenvalue weighted by Gasteiger charge is 2.27. The molecule has 1 unspecified atom stereocenters. The van der Waals surface area contributed by atoms with Gasteiger partial charge in [-0.05, 0) is 25.0 Å². The van der Waals surface area contributed by atoms with Crippen molar-refractivity contribution in [3.05, 3.63) is 35.5 Å². The average Bonchev–Trinajstić information content (AvgIpc) is 2.93. The quantitative estimate of drug-likeness (QED) is 0.828. The summed E-state index contributed by atoms with van der Waals surface area (Å²) < 4.78 is 5.37. The molecule has 1 heterocycles. The lowest BCUT2D eigenvalue weighted by atomic mass is 10.0. The van der Waals surface area contributed by atoms with Gasteiger partial charge in [0.05, 0.1) is 7.11 Å². The van der Waals surface area contributed by atoms with Crippen LogP contribution in [0.5, 0.6) is 5.75 Å². The molecule has 1 atom stereocenters. The van der Waals surface area contributed by atoms with Gasteiger partial charge in [0.15, 0.2) is 0 Å². The standard InChI is InChI=1S/C13H15N3O/c1-17-11-5-3-2-4-8(11)13-12-9(14)6-7-10(12)15-16-13/h2-5,9H,6-7,14H2,1H3,(H,15,16). The van der Waals surface area contributed by atoms with Gasteiger partial charge in [-0.1, -0.05) is 12.1 Å². The Labute approximate surface area is 99.8 Å². The van der Waals surface area contributed by atoms with E-state index >= 15 is 0 Å². The summed E-state index contributed by atoms with van der Waals surface area (Å²) in [5, 5.41) is 7.46. The summed E-state index contributed by atoms with van der Waals surface area (Å²) in [4.78, 5) is 0. The maximum atomic E-state index is 6.12. The summed E-state index contributed by atoms with van der Waals surface area (Å²) >= 11 is 0. The number of aryl methyl sites for hydroxylation is 1. The molecule has 3 N–H and O–H groups in total. The van der Waals surface area contributed by atoms with Crippen molar-refractivity contribution in [1.82, 2.24) is 10.2 Å². The number of ether oxygens (including phenoxy) is 1. The fourth-order valence-corrected chi connectivity index (χ4v) is 2.47. The van der Waals surface area contributed by atoms with Crippen molar-refractivity contribution < 1.29 is 4.74 Å². The van der Waals surface area contributed by atoms with Crippen LogP contribution >= 0.6 is 0 Å². The van der Waals surface area contributed by atoms with E-state index in [1.54, 1.807) is 7.11 Å². The molecule has 0 fully saturated rings. The van der Waals surface area contributed by atoms with Crippen LogP contribution < -0.4 is 10.5 Å². The van der Waals surface area contributed by atoms with Crippen molar-refractivity contribution in [1.29, 1.82) is 0 Å². The van der Waals surface area contributed by atoms with Gasteiger partial charge in [-0.25, -0.2) is 0 Å². The Balaban J connectivity index is 2.16. The molecule has 0 radical (unpaired) electrons. The van der Waals surface area contributed by atoms with Gasteiger partial charge < -0.3 is 10.5 Å². The molecule has 0 saturated heterocycles. The van der Waals surface area contributed by atoms with E-state index in [2.05, 4.69) is 10.2 Å². The van der Waals surface area contributed by atoms with Crippen molar-refractivity contribution in [3.8, 4) is 17.0 Å². The third-order valence-electron chi connectivity index (χ3n) is 3.32. The molecule has 4 heteroatoms. The number of methoxy groups -OCH3 is 1. The predicted octanol–water partition coefficient (Wildman–Crippen LogP) is 2.03. The number of nitrogens with zero attached hydrogens (tertiary/aromatic N) is 1. The Morgan fingerprint density at radius 2 is 2.24 bits per heavy atom. The van der Waals surface area contributed by atoms with Crippen LogP contribution in [0.2, 0.25) is 0 Å². The molecule has 0 bridgehead atoms. The van der Waals surface area contributed by atoms with E-state index in [-0.39, 0.29) is 6.04 Å². The van der Waals surface area contributed by atoms with Gasteiger partial charge in [-0.3, -0.25) is 5.10 Å². The number of aromatic nitrogens is 2. The highest BCUT2D eigenvalue weighted by atomic mass is 16.5. The number of H-pyrrole nitrogens is 1. The van der Waals surface area contributed by atoms with Gasteiger partial charge in [0.25, 0.3) is 0 Å². The van der Waals surface area contributed by atoms with Gasteiger partial charge in [0.1, 0.15) is 11.4 Å². The molecule has 0 aliphatic heterocycles. The van der Waals surface area contributed by atoms with Crippen molar-refractivity contribution in [3.63, 3.8) is 0 Å². The molecule has 17 heavy (non-hydrogen) atoms. The van der Waals surface area contributed by atoms with Gasteiger partial charge in [0.2, 0.25) is 0 Å². The van der Waals surface area contributed by atoms with E-state index < -0.39 is 0 Å². The van der Waals surface area contributed by atoms with Crippen LogP contribution in [0.1, 0.15) is 23.7 Å². The minimum atomic E-state index is 0.0867. The summed E-state index contributed by atoms with van der Waals surface area (Å²) in [5.41, 5.74) is 10.4. The Morgan fingerprint density at radius 3 is 3.06 bits per heavy atom. The summed E-state index contributed by atoms with van der Waals surface area (Å²) in [6, 6.07) is 7.98. The Morgan fingerprint density at radius 1 is 1.41 bits per heavy atom. The lowest BCUT2D eigenvalue weighted by Crippen LogP contribution is -2.06. The summed E-state index contributed by atoms with van der Waals surface area (Å²) in [6.07, 6.45) is 1.98. The van der Waals surface area contributed by atoms with Crippen LogP contribution in [0, 0.1) is 0 Å². The molecule has 4 nitrogen and oxygen atoms in total. The van der Waals surface area contributed by atoms with Gasteiger partial charge in [0, 0.05) is 22.9 Å². The van der Waals surface area contributed by atoms with Gasteiger partial charge >= 0.3 is 0 Å². The molecule has 3 rings (SSSR count). The van der Waals surface area contributed by atoms with Crippen LogP contribution in [-0.4, -0.2) is 17.3 Å². The van der Waals surface area contributed by atoms with Crippen LogP contribution in [0.4, 0.5) is 0 Å². The monoisotopic (exact) mass is 229 g/mol. The molecule has 2 aromatic rings. The maximum absolute atomic E-state index is 6.12. The summed E-state index contributed by atoms with van der Waals surface area (Å²) in [6.45, 7) is 0. The Kier molecular flexibility index (Phi) is 2.37. The normalized spacial score (nSPS) is 18.1. The number of nitrogens with one attached hydrogen (secondary N) is 1. The first kappa shape index (κ1) is 10.4. The van der Waals surface area contributed by atoms with Crippen molar-refractivity contribution >= 4 is 0 Å². The zero-order chi connectivity index (χ0) is 11.8. The van der Waals surface area contributed by atoms with Gasteiger partial charge in [-0.15, -0.1) is 0 Å². The maximum Gasteiger partial charge on any atom is 0.128 e. The van der Waals surface area contributed by atoms with E-state index in [4.69, 9.17) is 10.5 Å². The first-order valence-corrected chi connectivity index (χ1v) is 5.77. The number of rotatable bonds is 2. The number of hydrogen-bond acceptors (Lipinski definition) is 3. The highest BCUT2D eigenvalue weighted by molar-refractivity contribution is 5.71. The summed E-state index contributed by atoms with van der Waals surface area (Å²) in [5.74, 6) is 0.834. The molecule has 0 amide bonds. The molecule has 0 spiro atoms. The topological polar surface area (TPSA) is 63.9 Å². The molecule has 1 aliphatic rings. The number of benzene rings is 1. The van der Waals surface area contributed by atoms with Crippen LogP contribution in [0.3, 0.4) is 0 Å². The SMILES string of the molecule is COc1ccccc1-c1n[nH]c2c1C(N)CC2. The minimum absolute atomic E-state index is 0.0867. The number of nitrogens with two attached hydrogens (primary N) is 1. The second-order valence-electron chi connectivity index (χ2n) is 4.31. The number of hydrogen-bond donors (Lipinski definition) is 2. The predicted molar refractivity (Wildman–Crippen MR) is 65.8 cm³/mol.